The summed E-state index contributed by atoms with van der Waals surface area (Å²) in [6.45, 7) is 8.17. The lowest BCUT2D eigenvalue weighted by molar-refractivity contribution is -0.950. The minimum absolute atomic E-state index is 0.833. The molecule has 0 aliphatic carbocycles. The number of nitrogens with zero attached hydrogens (tertiary/aromatic N) is 1. The Labute approximate surface area is 68.5 Å². The molecular formula is C8H18NO2+. The standard InChI is InChI=1S/C8H18NO2/c1-3-9(8-10-2)4-6-11-7-5-9/h3-8H2,1-2H3/q+1. The van der Waals surface area contributed by atoms with Crippen LogP contribution in [0.15, 0.2) is 0 Å². The maximum absolute atomic E-state index is 5.30. The molecule has 1 aliphatic heterocycles. The van der Waals surface area contributed by atoms with E-state index in [-0.39, 0.29) is 0 Å². The molecule has 1 saturated heterocycles. The molecule has 0 bridgehead atoms. The summed E-state index contributed by atoms with van der Waals surface area (Å²) in [5.41, 5.74) is 0. The lowest BCUT2D eigenvalue weighted by Gasteiger charge is -2.39. The van der Waals surface area contributed by atoms with Gasteiger partial charge in [0.15, 0.2) is 6.73 Å². The van der Waals surface area contributed by atoms with Crippen LogP contribution in [0.1, 0.15) is 6.92 Å². The summed E-state index contributed by atoms with van der Waals surface area (Å²) in [6, 6.07) is 0. The van der Waals surface area contributed by atoms with Gasteiger partial charge in [0.2, 0.25) is 0 Å². The Morgan fingerprint density at radius 1 is 1.36 bits per heavy atom. The molecule has 0 aromatic heterocycles. The molecule has 3 heteroatoms. The Morgan fingerprint density at radius 2 is 2.00 bits per heavy atom. The molecule has 0 aromatic rings. The molecule has 0 radical (unpaired) electrons. The highest BCUT2D eigenvalue weighted by atomic mass is 16.5. The average Bonchev–Trinajstić information content (AvgIpc) is 2.07. The summed E-state index contributed by atoms with van der Waals surface area (Å²) < 4.78 is 11.6. The van der Waals surface area contributed by atoms with Crippen LogP contribution in [-0.4, -0.2) is 51.2 Å². The van der Waals surface area contributed by atoms with Crippen LogP contribution in [0, 0.1) is 0 Å². The topological polar surface area (TPSA) is 18.5 Å². The molecule has 11 heavy (non-hydrogen) atoms. The van der Waals surface area contributed by atoms with Gasteiger partial charge in [-0.3, -0.25) is 4.48 Å². The van der Waals surface area contributed by atoms with Gasteiger partial charge in [0.25, 0.3) is 0 Å². The molecule has 0 aromatic carbocycles. The van der Waals surface area contributed by atoms with E-state index in [1.807, 2.05) is 0 Å². The first-order valence-electron chi connectivity index (χ1n) is 4.25. The van der Waals surface area contributed by atoms with Gasteiger partial charge < -0.3 is 9.47 Å². The summed E-state index contributed by atoms with van der Waals surface area (Å²) in [4.78, 5) is 0. The van der Waals surface area contributed by atoms with E-state index in [2.05, 4.69) is 6.92 Å². The van der Waals surface area contributed by atoms with Crippen LogP contribution in [0.2, 0.25) is 0 Å². The Bertz CT molecular complexity index is 105. The van der Waals surface area contributed by atoms with Crippen LogP contribution < -0.4 is 0 Å². The maximum Gasteiger partial charge on any atom is 0.182 e. The van der Waals surface area contributed by atoms with Crippen molar-refractivity contribution in [2.24, 2.45) is 0 Å². The second-order valence-corrected chi connectivity index (χ2v) is 3.14. The van der Waals surface area contributed by atoms with Crippen LogP contribution in [-0.2, 0) is 9.47 Å². The molecule has 1 heterocycles. The predicted octanol–water partition coefficient (Wildman–Crippen LogP) is 0.457. The molecule has 0 saturated carbocycles. The van der Waals surface area contributed by atoms with Gasteiger partial charge in [-0.15, -0.1) is 0 Å². The molecule has 0 unspecified atom stereocenters. The van der Waals surface area contributed by atoms with Crippen molar-refractivity contribution >= 4 is 0 Å². The molecule has 66 valence electrons. The van der Waals surface area contributed by atoms with Crippen LogP contribution in [0.25, 0.3) is 0 Å². The highest BCUT2D eigenvalue weighted by Crippen LogP contribution is 2.10. The Hall–Kier alpha value is -0.120. The third kappa shape index (κ3) is 2.15. The second kappa shape index (κ2) is 4.04. The monoisotopic (exact) mass is 160 g/mol. The molecule has 1 aliphatic rings. The number of hydrogen-bond acceptors (Lipinski definition) is 2. The zero-order chi connectivity index (χ0) is 8.16. The largest absolute Gasteiger partial charge is 0.370 e. The van der Waals surface area contributed by atoms with E-state index in [1.165, 1.54) is 0 Å². The van der Waals surface area contributed by atoms with Crippen LogP contribution in [0.4, 0.5) is 0 Å². The molecule has 0 amide bonds. The van der Waals surface area contributed by atoms with Crippen LogP contribution in [0.5, 0.6) is 0 Å². The van der Waals surface area contributed by atoms with E-state index in [0.29, 0.717) is 0 Å². The summed E-state index contributed by atoms with van der Waals surface area (Å²) >= 11 is 0. The smallest absolute Gasteiger partial charge is 0.182 e. The van der Waals surface area contributed by atoms with Gasteiger partial charge in [-0.25, -0.2) is 0 Å². The lowest BCUT2D eigenvalue weighted by Crippen LogP contribution is -2.55. The van der Waals surface area contributed by atoms with Gasteiger partial charge in [0.1, 0.15) is 13.1 Å². The van der Waals surface area contributed by atoms with Crippen LogP contribution in [0.3, 0.4) is 0 Å². The molecule has 0 atom stereocenters. The third-order valence-electron chi connectivity index (χ3n) is 2.49. The normalized spacial score (nSPS) is 23.5. The molecule has 1 fully saturated rings. The first kappa shape index (κ1) is 8.97. The van der Waals surface area contributed by atoms with Crippen molar-refractivity contribution in [1.82, 2.24) is 0 Å². The van der Waals surface area contributed by atoms with E-state index in [9.17, 15) is 0 Å². The van der Waals surface area contributed by atoms with Crippen molar-refractivity contribution in [3.05, 3.63) is 0 Å². The number of quaternary nitrogens is 1. The van der Waals surface area contributed by atoms with Crippen molar-refractivity contribution in [3.8, 4) is 0 Å². The van der Waals surface area contributed by atoms with E-state index in [1.54, 1.807) is 7.11 Å². The highest BCUT2D eigenvalue weighted by molar-refractivity contribution is 4.45. The molecule has 0 N–H and O–H groups in total. The first-order chi connectivity index (χ1) is 5.33. The molecular weight excluding hydrogens is 142 g/mol. The van der Waals surface area contributed by atoms with E-state index in [4.69, 9.17) is 9.47 Å². The Kier molecular flexibility index (Phi) is 3.30. The summed E-state index contributed by atoms with van der Waals surface area (Å²) in [5, 5.41) is 0. The molecule has 3 nitrogen and oxygen atoms in total. The fraction of sp³-hybridized carbons (Fsp3) is 1.00. The molecule has 0 spiro atoms. The van der Waals surface area contributed by atoms with Crippen LogP contribution >= 0.6 is 0 Å². The second-order valence-electron chi connectivity index (χ2n) is 3.14. The van der Waals surface area contributed by atoms with E-state index in [0.717, 1.165) is 44.1 Å². The van der Waals surface area contributed by atoms with Gasteiger partial charge >= 0.3 is 0 Å². The zero-order valence-corrected chi connectivity index (χ0v) is 7.51. The van der Waals surface area contributed by atoms with Crippen molar-refractivity contribution in [3.63, 3.8) is 0 Å². The highest BCUT2D eigenvalue weighted by Gasteiger charge is 2.27. The van der Waals surface area contributed by atoms with Gasteiger partial charge in [-0.1, -0.05) is 0 Å². The minimum atomic E-state index is 0.833. The van der Waals surface area contributed by atoms with Gasteiger partial charge in [-0.2, -0.15) is 0 Å². The van der Waals surface area contributed by atoms with Crippen molar-refractivity contribution in [2.45, 2.75) is 6.92 Å². The molecule has 1 rings (SSSR count). The number of hydrogen-bond donors (Lipinski definition) is 0. The fourth-order valence-electron chi connectivity index (χ4n) is 1.54. The minimum Gasteiger partial charge on any atom is -0.370 e. The SMILES string of the molecule is CC[N+]1(COC)CCOCC1. The number of morpholine rings is 1. The number of likely N-dealkylation sites (N-methyl/N-ethyl adjacent to an activating group) is 1. The van der Waals surface area contributed by atoms with Gasteiger partial charge in [0, 0.05) is 7.11 Å². The fourth-order valence-corrected chi connectivity index (χ4v) is 1.54. The van der Waals surface area contributed by atoms with Crippen molar-refractivity contribution in [2.75, 3.05) is 46.7 Å². The van der Waals surface area contributed by atoms with Gasteiger partial charge in [-0.05, 0) is 6.92 Å². The summed E-state index contributed by atoms with van der Waals surface area (Å²) in [6.07, 6.45) is 0. The quantitative estimate of drug-likeness (QED) is 0.558. The number of methoxy groups -OCH3 is 1. The van der Waals surface area contributed by atoms with E-state index < -0.39 is 0 Å². The summed E-state index contributed by atoms with van der Waals surface area (Å²) in [7, 11) is 1.77. The van der Waals surface area contributed by atoms with E-state index >= 15 is 0 Å². The number of ether oxygens (including phenoxy) is 2. The lowest BCUT2D eigenvalue weighted by atomic mass is 10.3. The van der Waals surface area contributed by atoms with Crippen molar-refractivity contribution in [1.29, 1.82) is 0 Å². The average molecular weight is 160 g/mol. The predicted molar refractivity (Wildman–Crippen MR) is 43.2 cm³/mol. The maximum atomic E-state index is 5.30. The third-order valence-corrected chi connectivity index (χ3v) is 2.49. The van der Waals surface area contributed by atoms with Crippen molar-refractivity contribution < 1.29 is 14.0 Å². The Morgan fingerprint density at radius 3 is 2.45 bits per heavy atom. The number of rotatable bonds is 3. The zero-order valence-electron chi connectivity index (χ0n) is 7.51. The Balaban J connectivity index is 2.42. The summed E-state index contributed by atoms with van der Waals surface area (Å²) in [5.74, 6) is 0. The first-order valence-corrected chi connectivity index (χ1v) is 4.25. The van der Waals surface area contributed by atoms with Gasteiger partial charge in [0.05, 0.1) is 19.8 Å².